The predicted octanol–water partition coefficient (Wildman–Crippen LogP) is 6.13. The molecule has 0 saturated heterocycles. The van der Waals surface area contributed by atoms with Crippen LogP contribution < -0.4 is 15.4 Å². The van der Waals surface area contributed by atoms with Gasteiger partial charge >= 0.3 is 6.18 Å². The van der Waals surface area contributed by atoms with Crippen molar-refractivity contribution in [3.8, 4) is 5.75 Å². The lowest BCUT2D eigenvalue weighted by atomic mass is 9.97. The van der Waals surface area contributed by atoms with Gasteiger partial charge in [0.05, 0.1) is 29.8 Å². The number of anilines is 2. The normalized spacial score (nSPS) is 17.3. The fourth-order valence-corrected chi connectivity index (χ4v) is 4.25. The van der Waals surface area contributed by atoms with E-state index in [0.717, 1.165) is 16.6 Å². The number of non-ortho nitro benzene ring substituents is 1. The highest BCUT2D eigenvalue weighted by molar-refractivity contribution is 9.10. The Morgan fingerprint density at radius 3 is 2.60 bits per heavy atom. The molecule has 1 amide bonds. The summed E-state index contributed by atoms with van der Waals surface area (Å²) in [6.07, 6.45) is -5.04. The molecule has 0 radical (unpaired) electrons. The van der Waals surface area contributed by atoms with Crippen LogP contribution in [0, 0.1) is 10.1 Å². The highest BCUT2D eigenvalue weighted by Crippen LogP contribution is 2.46. The molecule has 2 heterocycles. The Labute approximate surface area is 209 Å². The Morgan fingerprint density at radius 1 is 1.31 bits per heavy atom. The van der Waals surface area contributed by atoms with E-state index in [-0.39, 0.29) is 34.4 Å². The summed E-state index contributed by atoms with van der Waals surface area (Å²) in [5.74, 6) is -1.00. The van der Waals surface area contributed by atoms with E-state index in [0.29, 0.717) is 10.2 Å². The zero-order chi connectivity index (χ0) is 25.5. The molecule has 2 aromatic carbocycles. The minimum atomic E-state index is -4.67. The van der Waals surface area contributed by atoms with E-state index in [4.69, 9.17) is 16.3 Å². The van der Waals surface area contributed by atoms with Crippen molar-refractivity contribution in [2.24, 2.45) is 0 Å². The fourth-order valence-electron chi connectivity index (χ4n) is 3.72. The fraction of sp³-hybridized carbons (Fsp3) is 0.238. The lowest BCUT2D eigenvalue weighted by Crippen LogP contribution is -2.35. The van der Waals surface area contributed by atoms with Crippen LogP contribution in [-0.2, 0) is 0 Å². The lowest BCUT2D eigenvalue weighted by molar-refractivity contribution is -0.384. The molecule has 4 rings (SSSR count). The van der Waals surface area contributed by atoms with E-state index in [2.05, 4.69) is 31.7 Å². The quantitative estimate of drug-likeness (QED) is 0.280. The third-order valence-electron chi connectivity index (χ3n) is 5.38. The second kappa shape index (κ2) is 9.38. The van der Waals surface area contributed by atoms with Crippen molar-refractivity contribution >= 4 is 50.6 Å². The monoisotopic (exact) mass is 573 g/mol. The van der Waals surface area contributed by atoms with Gasteiger partial charge in [0.1, 0.15) is 16.6 Å². The number of fused-ring (bicyclic) bond motifs is 1. The lowest BCUT2D eigenvalue weighted by Gasteiger charge is -2.33. The number of amides is 1. The van der Waals surface area contributed by atoms with Crippen molar-refractivity contribution < 1.29 is 27.6 Å². The molecule has 2 N–H and O–H groups in total. The first kappa shape index (κ1) is 24.8. The molecule has 1 aliphatic rings. The van der Waals surface area contributed by atoms with Crippen molar-refractivity contribution in [1.82, 2.24) is 9.78 Å². The number of hydrogen-bond donors (Lipinski definition) is 2. The summed E-state index contributed by atoms with van der Waals surface area (Å²) >= 11 is 9.62. The van der Waals surface area contributed by atoms with Crippen LogP contribution in [0.3, 0.4) is 0 Å². The molecule has 0 saturated carbocycles. The van der Waals surface area contributed by atoms with Gasteiger partial charge in [-0.2, -0.15) is 18.3 Å². The zero-order valence-electron chi connectivity index (χ0n) is 17.8. The average molecular weight is 575 g/mol. The van der Waals surface area contributed by atoms with Gasteiger partial charge in [-0.25, -0.2) is 4.68 Å². The third-order valence-corrected chi connectivity index (χ3v) is 6.27. The number of carbonyl (C=O) groups excluding carboxylic acids is 1. The summed E-state index contributed by atoms with van der Waals surface area (Å²) in [6.45, 7) is 0. The van der Waals surface area contributed by atoms with E-state index in [9.17, 15) is 28.1 Å². The third kappa shape index (κ3) is 5.05. The Morgan fingerprint density at radius 2 is 2.00 bits per heavy atom. The van der Waals surface area contributed by atoms with Crippen molar-refractivity contribution in [2.75, 3.05) is 17.7 Å². The van der Waals surface area contributed by atoms with Gasteiger partial charge in [0.15, 0.2) is 11.7 Å². The molecule has 3 aromatic rings. The van der Waals surface area contributed by atoms with Gasteiger partial charge in [-0.15, -0.1) is 0 Å². The van der Waals surface area contributed by atoms with E-state index >= 15 is 0 Å². The number of nitro benzene ring substituents is 1. The number of nitrogens with zero attached hydrogens (tertiary/aromatic N) is 3. The number of nitro groups is 1. The van der Waals surface area contributed by atoms with Gasteiger partial charge < -0.3 is 15.4 Å². The maximum atomic E-state index is 13.9. The van der Waals surface area contributed by atoms with Crippen molar-refractivity contribution in [1.29, 1.82) is 0 Å². The van der Waals surface area contributed by atoms with E-state index in [1.54, 1.807) is 24.3 Å². The number of rotatable bonds is 5. The first-order valence-corrected chi connectivity index (χ1v) is 11.2. The van der Waals surface area contributed by atoms with Gasteiger partial charge in [0.2, 0.25) is 0 Å². The predicted molar refractivity (Wildman–Crippen MR) is 125 cm³/mol. The minimum absolute atomic E-state index is 0.0174. The SMILES string of the molecule is COc1cc(NC(=O)c2nn3c(c2Cl)N[C@@H](c2ccc(Br)cc2)C[C@H]3C(F)(F)F)cc([N+](=O)[O-])c1. The molecule has 1 aromatic heterocycles. The molecule has 0 spiro atoms. The van der Waals surface area contributed by atoms with E-state index in [1.165, 1.54) is 13.2 Å². The highest BCUT2D eigenvalue weighted by atomic mass is 79.9. The first-order chi connectivity index (χ1) is 16.5. The second-order valence-electron chi connectivity index (χ2n) is 7.63. The number of hydrogen-bond acceptors (Lipinski definition) is 6. The molecule has 1 aliphatic heterocycles. The average Bonchev–Trinajstić information content (AvgIpc) is 3.14. The summed E-state index contributed by atoms with van der Waals surface area (Å²) in [6, 6.07) is 7.53. The molecule has 9 nitrogen and oxygen atoms in total. The molecular weight excluding hydrogens is 559 g/mol. The van der Waals surface area contributed by atoms with Crippen LogP contribution in [0.25, 0.3) is 0 Å². The summed E-state index contributed by atoms with van der Waals surface area (Å²) in [5, 5.41) is 20.0. The van der Waals surface area contributed by atoms with Crippen molar-refractivity contribution in [2.45, 2.75) is 24.7 Å². The van der Waals surface area contributed by atoms with Crippen LogP contribution in [0.2, 0.25) is 5.02 Å². The van der Waals surface area contributed by atoms with Crippen molar-refractivity contribution in [3.05, 3.63) is 73.3 Å². The maximum absolute atomic E-state index is 13.9. The molecular formula is C21H16BrClF3N5O4. The van der Waals surface area contributed by atoms with Crippen LogP contribution in [0.1, 0.15) is 34.6 Å². The van der Waals surface area contributed by atoms with Crippen LogP contribution in [0.5, 0.6) is 5.75 Å². The largest absolute Gasteiger partial charge is 0.496 e. The molecule has 2 atom stereocenters. The Balaban J connectivity index is 1.69. The van der Waals surface area contributed by atoms with Crippen molar-refractivity contribution in [3.63, 3.8) is 0 Å². The summed E-state index contributed by atoms with van der Waals surface area (Å²) in [7, 11) is 1.29. The highest BCUT2D eigenvalue weighted by Gasteiger charge is 2.47. The number of carbonyl (C=O) groups is 1. The van der Waals surface area contributed by atoms with E-state index < -0.39 is 34.8 Å². The number of halogens is 5. The molecule has 0 bridgehead atoms. The topological polar surface area (TPSA) is 111 Å². The zero-order valence-corrected chi connectivity index (χ0v) is 20.1. The van der Waals surface area contributed by atoms with Crippen LogP contribution in [-0.4, -0.2) is 33.9 Å². The van der Waals surface area contributed by atoms with Gasteiger partial charge in [0, 0.05) is 23.0 Å². The Kier molecular flexibility index (Phi) is 6.64. The van der Waals surface area contributed by atoms with Gasteiger partial charge in [-0.05, 0) is 17.7 Å². The summed E-state index contributed by atoms with van der Waals surface area (Å²) in [4.78, 5) is 23.3. The molecule has 0 unspecified atom stereocenters. The Bertz CT molecular complexity index is 1300. The number of aromatic nitrogens is 2. The molecule has 184 valence electrons. The minimum Gasteiger partial charge on any atom is -0.496 e. The molecule has 14 heteroatoms. The molecule has 0 fully saturated rings. The summed E-state index contributed by atoms with van der Waals surface area (Å²) in [5.41, 5.74) is -0.242. The van der Waals surface area contributed by atoms with Crippen LogP contribution in [0.4, 0.5) is 30.4 Å². The van der Waals surface area contributed by atoms with Gasteiger partial charge in [-0.3, -0.25) is 14.9 Å². The number of ether oxygens (including phenoxy) is 1. The number of methoxy groups -OCH3 is 1. The standard InChI is InChI=1S/C21H16BrClF3N5O4/c1-35-14-7-12(6-13(8-14)31(33)34)27-20(32)18-17(23)19-28-15(10-2-4-11(22)5-3-10)9-16(21(24,25)26)30(19)29-18/h2-8,15-16,28H,9H2,1H3,(H,27,32)/t15-,16+/m1/s1. The number of nitrogens with one attached hydrogen (secondary N) is 2. The van der Waals surface area contributed by atoms with E-state index in [1.807, 2.05) is 0 Å². The molecule has 0 aliphatic carbocycles. The first-order valence-electron chi connectivity index (χ1n) is 9.99. The Hall–Kier alpha value is -3.32. The van der Waals surface area contributed by atoms with Crippen LogP contribution >= 0.6 is 27.5 Å². The molecule has 35 heavy (non-hydrogen) atoms. The van der Waals surface area contributed by atoms with Gasteiger partial charge in [0.25, 0.3) is 11.6 Å². The maximum Gasteiger partial charge on any atom is 0.410 e. The number of alkyl halides is 3. The number of benzene rings is 2. The van der Waals surface area contributed by atoms with Crippen LogP contribution in [0.15, 0.2) is 46.9 Å². The second-order valence-corrected chi connectivity index (χ2v) is 8.92. The smallest absolute Gasteiger partial charge is 0.410 e. The van der Waals surface area contributed by atoms with Gasteiger partial charge in [-0.1, -0.05) is 39.7 Å². The summed E-state index contributed by atoms with van der Waals surface area (Å²) < 4.78 is 48.3.